The van der Waals surface area contributed by atoms with E-state index in [0.29, 0.717) is 6.07 Å². The van der Waals surface area contributed by atoms with Crippen LogP contribution >= 0.6 is 0 Å². The number of halogens is 2. The van der Waals surface area contributed by atoms with Gasteiger partial charge in [-0.15, -0.1) is 0 Å². The van der Waals surface area contributed by atoms with Gasteiger partial charge in [0.25, 0.3) is 5.91 Å². The summed E-state index contributed by atoms with van der Waals surface area (Å²) in [5, 5.41) is 2.24. The molecule has 2 aromatic rings. The minimum absolute atomic E-state index is 0.190. The molecule has 130 valence electrons. The van der Waals surface area contributed by atoms with Gasteiger partial charge in [0.15, 0.2) is 6.10 Å². The summed E-state index contributed by atoms with van der Waals surface area (Å²) < 4.78 is 31.3. The number of esters is 1. The summed E-state index contributed by atoms with van der Waals surface area (Å²) in [4.78, 5) is 23.7. The smallest absolute Gasteiger partial charge is 0.331 e. The van der Waals surface area contributed by atoms with Crippen LogP contribution in [0.25, 0.3) is 6.08 Å². The van der Waals surface area contributed by atoms with Gasteiger partial charge in [0.2, 0.25) is 0 Å². The summed E-state index contributed by atoms with van der Waals surface area (Å²) in [5.41, 5.74) is 1.68. The molecule has 0 saturated carbocycles. The second-order valence-corrected chi connectivity index (χ2v) is 5.44. The molecule has 25 heavy (non-hydrogen) atoms. The van der Waals surface area contributed by atoms with Crippen molar-refractivity contribution in [3.8, 4) is 0 Å². The van der Waals surface area contributed by atoms with Gasteiger partial charge in [-0.25, -0.2) is 13.6 Å². The highest BCUT2D eigenvalue weighted by molar-refractivity contribution is 5.96. The van der Waals surface area contributed by atoms with Gasteiger partial charge < -0.3 is 10.1 Å². The fraction of sp³-hybridized carbons (Fsp3) is 0.158. The number of aryl methyl sites for hydroxylation is 1. The van der Waals surface area contributed by atoms with Crippen molar-refractivity contribution in [2.24, 2.45) is 0 Å². The number of hydrogen-bond donors (Lipinski definition) is 1. The molecule has 0 aliphatic rings. The normalized spacial score (nSPS) is 12.0. The lowest BCUT2D eigenvalue weighted by molar-refractivity contribution is -0.148. The molecule has 1 atom stereocenters. The van der Waals surface area contributed by atoms with Crippen LogP contribution in [0, 0.1) is 18.6 Å². The molecule has 0 bridgehead atoms. The molecular formula is C19H17F2NO3. The molecule has 0 fully saturated rings. The number of ether oxygens (including phenoxy) is 1. The number of hydrogen-bond acceptors (Lipinski definition) is 3. The first-order valence-corrected chi connectivity index (χ1v) is 7.56. The molecule has 1 N–H and O–H groups in total. The fourth-order valence-electron chi connectivity index (χ4n) is 2.03. The van der Waals surface area contributed by atoms with Crippen LogP contribution in [0.4, 0.5) is 14.5 Å². The maximum atomic E-state index is 13.5. The zero-order valence-electron chi connectivity index (χ0n) is 13.8. The van der Waals surface area contributed by atoms with Crippen LogP contribution in [0.3, 0.4) is 0 Å². The molecule has 0 radical (unpaired) electrons. The third-order valence-corrected chi connectivity index (χ3v) is 3.31. The van der Waals surface area contributed by atoms with Crippen molar-refractivity contribution < 1.29 is 23.1 Å². The van der Waals surface area contributed by atoms with Gasteiger partial charge in [-0.2, -0.15) is 0 Å². The zero-order valence-corrected chi connectivity index (χ0v) is 13.8. The predicted molar refractivity (Wildman–Crippen MR) is 90.8 cm³/mol. The first-order valence-electron chi connectivity index (χ1n) is 7.56. The molecule has 0 saturated heterocycles. The van der Waals surface area contributed by atoms with Crippen LogP contribution in [0.1, 0.15) is 18.1 Å². The second kappa shape index (κ2) is 8.19. The van der Waals surface area contributed by atoms with Crippen molar-refractivity contribution in [1.82, 2.24) is 0 Å². The standard InChI is InChI=1S/C19H17F2NO3/c1-12-4-3-5-14(10-12)6-9-18(23)25-13(2)19(24)22-17-8-7-15(20)11-16(17)21/h3-11,13H,1-2H3,(H,22,24)/b9-6+/t13-/m1/s1. The van der Waals surface area contributed by atoms with Crippen LogP contribution in [0.15, 0.2) is 48.5 Å². The fourth-order valence-corrected chi connectivity index (χ4v) is 2.03. The number of nitrogens with one attached hydrogen (secondary N) is 1. The molecule has 0 aliphatic carbocycles. The first-order chi connectivity index (χ1) is 11.8. The largest absolute Gasteiger partial charge is 0.449 e. The SMILES string of the molecule is Cc1cccc(/C=C/C(=O)O[C@H](C)C(=O)Nc2ccc(F)cc2F)c1. The minimum Gasteiger partial charge on any atom is -0.449 e. The van der Waals surface area contributed by atoms with E-state index >= 15 is 0 Å². The number of carbonyl (C=O) groups is 2. The third kappa shape index (κ3) is 5.53. The highest BCUT2D eigenvalue weighted by atomic mass is 19.1. The molecule has 6 heteroatoms. The quantitative estimate of drug-likeness (QED) is 0.661. The maximum Gasteiger partial charge on any atom is 0.331 e. The summed E-state index contributed by atoms with van der Waals surface area (Å²) in [7, 11) is 0. The molecule has 2 rings (SSSR count). The summed E-state index contributed by atoms with van der Waals surface area (Å²) in [6.07, 6.45) is 1.63. The number of anilines is 1. The maximum absolute atomic E-state index is 13.5. The van der Waals surface area contributed by atoms with Crippen LogP contribution in [-0.2, 0) is 14.3 Å². The molecule has 1 amide bonds. The highest BCUT2D eigenvalue weighted by Crippen LogP contribution is 2.15. The van der Waals surface area contributed by atoms with Gasteiger partial charge in [0, 0.05) is 12.1 Å². The molecule has 0 aliphatic heterocycles. The molecular weight excluding hydrogens is 328 g/mol. The van der Waals surface area contributed by atoms with Crippen molar-refractivity contribution in [3.05, 3.63) is 71.3 Å². The van der Waals surface area contributed by atoms with E-state index in [1.54, 1.807) is 6.08 Å². The van der Waals surface area contributed by atoms with Gasteiger partial charge >= 0.3 is 5.97 Å². The number of amides is 1. The Hall–Kier alpha value is -3.02. The Morgan fingerprint density at radius 2 is 1.92 bits per heavy atom. The highest BCUT2D eigenvalue weighted by Gasteiger charge is 2.18. The lowest BCUT2D eigenvalue weighted by atomic mass is 10.1. The van der Waals surface area contributed by atoms with E-state index in [1.165, 1.54) is 13.0 Å². The average Bonchev–Trinajstić information content (AvgIpc) is 2.55. The van der Waals surface area contributed by atoms with Crippen LogP contribution in [-0.4, -0.2) is 18.0 Å². The van der Waals surface area contributed by atoms with E-state index in [-0.39, 0.29) is 5.69 Å². The number of rotatable bonds is 5. The first kappa shape index (κ1) is 18.3. The van der Waals surface area contributed by atoms with Gasteiger partial charge in [0.1, 0.15) is 11.6 Å². The topological polar surface area (TPSA) is 55.4 Å². The zero-order chi connectivity index (χ0) is 18.4. The molecule has 0 spiro atoms. The summed E-state index contributed by atoms with van der Waals surface area (Å²) in [6.45, 7) is 3.28. The van der Waals surface area contributed by atoms with E-state index in [9.17, 15) is 18.4 Å². The Kier molecular flexibility index (Phi) is 6.00. The van der Waals surface area contributed by atoms with E-state index < -0.39 is 29.6 Å². The van der Waals surface area contributed by atoms with E-state index in [0.717, 1.165) is 23.3 Å². The lowest BCUT2D eigenvalue weighted by Gasteiger charge is -2.12. The Morgan fingerprint density at radius 3 is 2.60 bits per heavy atom. The minimum atomic E-state index is -1.14. The summed E-state index contributed by atoms with van der Waals surface area (Å²) in [6, 6.07) is 10.2. The third-order valence-electron chi connectivity index (χ3n) is 3.31. The van der Waals surface area contributed by atoms with Crippen LogP contribution in [0.5, 0.6) is 0 Å². The molecule has 2 aromatic carbocycles. The predicted octanol–water partition coefficient (Wildman–Crippen LogP) is 3.86. The van der Waals surface area contributed by atoms with Gasteiger partial charge in [-0.05, 0) is 37.6 Å². The van der Waals surface area contributed by atoms with Gasteiger partial charge in [-0.1, -0.05) is 29.8 Å². The van der Waals surface area contributed by atoms with Crippen LogP contribution in [0.2, 0.25) is 0 Å². The molecule has 4 nitrogen and oxygen atoms in total. The Balaban J connectivity index is 1.92. The van der Waals surface area contributed by atoms with Crippen molar-refractivity contribution in [1.29, 1.82) is 0 Å². The monoisotopic (exact) mass is 345 g/mol. The number of carbonyl (C=O) groups excluding carboxylic acids is 2. The Morgan fingerprint density at radius 1 is 1.16 bits per heavy atom. The molecule has 0 heterocycles. The Labute approximate surface area is 144 Å². The van der Waals surface area contributed by atoms with Crippen molar-refractivity contribution in [2.45, 2.75) is 20.0 Å². The summed E-state index contributed by atoms with van der Waals surface area (Å²) >= 11 is 0. The van der Waals surface area contributed by atoms with E-state index in [1.807, 2.05) is 31.2 Å². The second-order valence-electron chi connectivity index (χ2n) is 5.44. The van der Waals surface area contributed by atoms with Crippen LogP contribution < -0.4 is 5.32 Å². The summed E-state index contributed by atoms with van der Waals surface area (Å²) in [5.74, 6) is -3.09. The molecule has 0 unspecified atom stereocenters. The van der Waals surface area contributed by atoms with Crippen molar-refractivity contribution in [2.75, 3.05) is 5.32 Å². The van der Waals surface area contributed by atoms with E-state index in [2.05, 4.69) is 5.32 Å². The molecule has 0 aromatic heterocycles. The number of benzene rings is 2. The van der Waals surface area contributed by atoms with E-state index in [4.69, 9.17) is 4.74 Å². The lowest BCUT2D eigenvalue weighted by Crippen LogP contribution is -2.29. The van der Waals surface area contributed by atoms with Gasteiger partial charge in [0.05, 0.1) is 5.69 Å². The van der Waals surface area contributed by atoms with Crippen molar-refractivity contribution in [3.63, 3.8) is 0 Å². The average molecular weight is 345 g/mol. The Bertz CT molecular complexity index is 818. The van der Waals surface area contributed by atoms with Gasteiger partial charge in [-0.3, -0.25) is 4.79 Å². The van der Waals surface area contributed by atoms with Crippen molar-refractivity contribution >= 4 is 23.6 Å².